The van der Waals surface area contributed by atoms with Gasteiger partial charge in [0.1, 0.15) is 5.82 Å². The summed E-state index contributed by atoms with van der Waals surface area (Å²) in [6, 6.07) is 5.50. The van der Waals surface area contributed by atoms with Crippen LogP contribution in [-0.4, -0.2) is 23.9 Å². The molecule has 0 radical (unpaired) electrons. The van der Waals surface area contributed by atoms with Crippen molar-refractivity contribution in [1.82, 2.24) is 5.32 Å². The summed E-state index contributed by atoms with van der Waals surface area (Å²) in [6.07, 6.45) is 10.0. The number of anilines is 2. The topological polar surface area (TPSA) is 70.2 Å². The highest BCUT2D eigenvalue weighted by Gasteiger charge is 2.34. The summed E-state index contributed by atoms with van der Waals surface area (Å²) in [5.74, 6) is -0.266. The first-order valence-corrected chi connectivity index (χ1v) is 10.7. The van der Waals surface area contributed by atoms with E-state index in [4.69, 9.17) is 0 Å². The lowest BCUT2D eigenvalue weighted by atomic mass is 9.88. The molecular formula is C22H31ClFN3O2. The lowest BCUT2D eigenvalue weighted by Crippen LogP contribution is -2.39. The highest BCUT2D eigenvalue weighted by molar-refractivity contribution is 5.95. The van der Waals surface area contributed by atoms with Gasteiger partial charge in [0.2, 0.25) is 11.8 Å². The number of nitrogens with one attached hydrogen (secondary N) is 3. The molecule has 160 valence electrons. The van der Waals surface area contributed by atoms with Gasteiger partial charge >= 0.3 is 0 Å². The van der Waals surface area contributed by atoms with Gasteiger partial charge in [0.15, 0.2) is 0 Å². The van der Waals surface area contributed by atoms with Gasteiger partial charge in [-0.25, -0.2) is 4.39 Å². The van der Waals surface area contributed by atoms with Gasteiger partial charge in [0.25, 0.3) is 0 Å². The van der Waals surface area contributed by atoms with Gasteiger partial charge in [-0.1, -0.05) is 19.3 Å². The zero-order chi connectivity index (χ0) is 19.5. The van der Waals surface area contributed by atoms with E-state index in [2.05, 4.69) is 16.0 Å². The number of hydrogen-bond donors (Lipinski definition) is 3. The molecule has 1 saturated carbocycles. The number of hydrogen-bond acceptors (Lipinski definition) is 3. The van der Waals surface area contributed by atoms with Crippen LogP contribution in [0.15, 0.2) is 18.2 Å². The highest BCUT2D eigenvalue weighted by atomic mass is 35.5. The molecule has 2 amide bonds. The van der Waals surface area contributed by atoms with E-state index in [1.54, 1.807) is 6.07 Å². The fourth-order valence-corrected chi connectivity index (χ4v) is 5.11. The first-order chi connectivity index (χ1) is 13.6. The number of fused-ring (bicyclic) bond motifs is 2. The van der Waals surface area contributed by atoms with Gasteiger partial charge in [-0.2, -0.15) is 0 Å². The molecule has 5 nitrogen and oxygen atoms in total. The van der Waals surface area contributed by atoms with Crippen LogP contribution in [0.5, 0.6) is 0 Å². The molecule has 0 aromatic heterocycles. The molecule has 2 atom stereocenters. The van der Waals surface area contributed by atoms with Crippen LogP contribution < -0.4 is 16.0 Å². The summed E-state index contributed by atoms with van der Waals surface area (Å²) < 4.78 is 14.2. The number of piperidine rings is 1. The molecule has 2 unspecified atom stereocenters. The van der Waals surface area contributed by atoms with Crippen LogP contribution >= 0.6 is 12.4 Å². The summed E-state index contributed by atoms with van der Waals surface area (Å²) in [4.78, 5) is 24.9. The molecule has 3 N–H and O–H groups in total. The molecule has 2 saturated heterocycles. The monoisotopic (exact) mass is 423 g/mol. The second kappa shape index (κ2) is 9.90. The molecule has 2 bridgehead atoms. The summed E-state index contributed by atoms with van der Waals surface area (Å²) >= 11 is 0. The molecule has 1 aromatic rings. The maximum Gasteiger partial charge on any atom is 0.227 e. The summed E-state index contributed by atoms with van der Waals surface area (Å²) in [6.45, 7) is 0. The smallest absolute Gasteiger partial charge is 0.227 e. The molecule has 3 fully saturated rings. The molecule has 29 heavy (non-hydrogen) atoms. The van der Waals surface area contributed by atoms with Crippen LogP contribution in [0, 0.1) is 17.7 Å². The Labute approximate surface area is 178 Å². The SMILES string of the molecule is Cl.O=C(CC1CC2CCC(C1)N2)Nc1ccc(F)c(NC(=O)C2CCCCC2)c1. The Bertz CT molecular complexity index is 727. The van der Waals surface area contributed by atoms with Crippen LogP contribution in [0.4, 0.5) is 15.8 Å². The highest BCUT2D eigenvalue weighted by Crippen LogP contribution is 2.33. The number of halogens is 2. The zero-order valence-corrected chi connectivity index (χ0v) is 17.5. The van der Waals surface area contributed by atoms with Crippen LogP contribution in [0.3, 0.4) is 0 Å². The van der Waals surface area contributed by atoms with Crippen molar-refractivity contribution in [2.24, 2.45) is 11.8 Å². The maximum atomic E-state index is 14.2. The third kappa shape index (κ3) is 5.70. The van der Waals surface area contributed by atoms with Crippen molar-refractivity contribution in [3.63, 3.8) is 0 Å². The van der Waals surface area contributed by atoms with Crippen LogP contribution in [-0.2, 0) is 9.59 Å². The molecule has 4 rings (SSSR count). The zero-order valence-electron chi connectivity index (χ0n) is 16.7. The third-order valence-electron chi connectivity index (χ3n) is 6.53. The molecule has 2 aliphatic heterocycles. The molecule has 1 aliphatic carbocycles. The summed E-state index contributed by atoms with van der Waals surface area (Å²) in [5, 5.41) is 9.19. The van der Waals surface area contributed by atoms with Crippen molar-refractivity contribution in [2.45, 2.75) is 76.3 Å². The average Bonchev–Trinajstić information content (AvgIpc) is 3.03. The average molecular weight is 424 g/mol. The van der Waals surface area contributed by atoms with Crippen LogP contribution in [0.25, 0.3) is 0 Å². The molecule has 1 aromatic carbocycles. The van der Waals surface area contributed by atoms with Gasteiger partial charge in [0, 0.05) is 30.1 Å². The Kier molecular flexibility index (Phi) is 7.52. The van der Waals surface area contributed by atoms with Crippen molar-refractivity contribution in [3.05, 3.63) is 24.0 Å². The van der Waals surface area contributed by atoms with E-state index in [-0.39, 0.29) is 35.8 Å². The molecule has 7 heteroatoms. The fourth-order valence-electron chi connectivity index (χ4n) is 5.11. The van der Waals surface area contributed by atoms with Crippen molar-refractivity contribution < 1.29 is 14.0 Å². The Morgan fingerprint density at radius 3 is 2.38 bits per heavy atom. The normalized spacial score (nSPS) is 26.4. The third-order valence-corrected chi connectivity index (χ3v) is 6.53. The van der Waals surface area contributed by atoms with Crippen molar-refractivity contribution in [2.75, 3.05) is 10.6 Å². The molecular weight excluding hydrogens is 393 g/mol. The van der Waals surface area contributed by atoms with Crippen LogP contribution in [0.2, 0.25) is 0 Å². The minimum absolute atomic E-state index is 0. The number of carbonyl (C=O) groups is 2. The predicted octanol–water partition coefficient (Wildman–Crippen LogP) is 4.63. The van der Waals surface area contributed by atoms with Crippen molar-refractivity contribution in [1.29, 1.82) is 0 Å². The standard InChI is InChI=1S/C22H30FN3O2.ClH/c23-19-9-8-18(13-20(19)26-22(28)15-4-2-1-3-5-15)25-21(27)12-14-10-16-6-7-17(11-14)24-16;/h8-9,13-17,24H,1-7,10-12H2,(H,25,27)(H,26,28);1H. The Morgan fingerprint density at radius 2 is 1.69 bits per heavy atom. The van der Waals surface area contributed by atoms with E-state index in [0.717, 1.165) is 44.9 Å². The van der Waals surface area contributed by atoms with E-state index in [0.29, 0.717) is 30.1 Å². The number of benzene rings is 1. The van der Waals surface area contributed by atoms with Gasteiger partial charge in [0.05, 0.1) is 5.69 Å². The van der Waals surface area contributed by atoms with E-state index in [9.17, 15) is 14.0 Å². The van der Waals surface area contributed by atoms with Crippen molar-refractivity contribution >= 4 is 35.6 Å². The lowest BCUT2D eigenvalue weighted by molar-refractivity contribution is -0.120. The van der Waals surface area contributed by atoms with Gasteiger partial charge in [-0.05, 0) is 62.6 Å². The number of carbonyl (C=O) groups excluding carboxylic acids is 2. The van der Waals surface area contributed by atoms with Crippen molar-refractivity contribution in [3.8, 4) is 0 Å². The first-order valence-electron chi connectivity index (χ1n) is 10.7. The van der Waals surface area contributed by atoms with E-state index in [1.807, 2.05) is 0 Å². The van der Waals surface area contributed by atoms with Gasteiger partial charge < -0.3 is 16.0 Å². The van der Waals surface area contributed by atoms with Crippen LogP contribution in [0.1, 0.15) is 64.2 Å². The second-order valence-corrected chi connectivity index (χ2v) is 8.75. The summed E-state index contributed by atoms with van der Waals surface area (Å²) in [5.41, 5.74) is 0.676. The minimum Gasteiger partial charge on any atom is -0.326 e. The van der Waals surface area contributed by atoms with Gasteiger partial charge in [-0.3, -0.25) is 9.59 Å². The minimum atomic E-state index is -0.475. The fraction of sp³-hybridized carbons (Fsp3) is 0.636. The summed E-state index contributed by atoms with van der Waals surface area (Å²) in [7, 11) is 0. The molecule has 2 heterocycles. The van der Waals surface area contributed by atoms with E-state index < -0.39 is 5.82 Å². The Balaban J connectivity index is 0.00000240. The number of amides is 2. The lowest BCUT2D eigenvalue weighted by Gasteiger charge is -2.28. The molecule has 0 spiro atoms. The predicted molar refractivity (Wildman–Crippen MR) is 115 cm³/mol. The maximum absolute atomic E-state index is 14.2. The van der Waals surface area contributed by atoms with E-state index in [1.165, 1.54) is 25.0 Å². The number of rotatable bonds is 5. The quantitative estimate of drug-likeness (QED) is 0.646. The van der Waals surface area contributed by atoms with E-state index >= 15 is 0 Å². The van der Waals surface area contributed by atoms with Gasteiger partial charge in [-0.15, -0.1) is 12.4 Å². The Morgan fingerprint density at radius 1 is 1.00 bits per heavy atom. The Hall–Kier alpha value is -1.66. The second-order valence-electron chi connectivity index (χ2n) is 8.75. The molecule has 3 aliphatic rings. The largest absolute Gasteiger partial charge is 0.326 e. The first kappa shape index (κ1) is 22.0.